The third-order valence-corrected chi connectivity index (χ3v) is 5.36. The number of aryl methyl sites for hydroxylation is 1. The summed E-state index contributed by atoms with van der Waals surface area (Å²) in [6.07, 6.45) is 1.41. The molecule has 2 rings (SSSR count). The number of hydrogen-bond donors (Lipinski definition) is 1. The van der Waals surface area contributed by atoms with Crippen molar-refractivity contribution in [3.8, 4) is 0 Å². The Labute approximate surface area is 115 Å². The molecule has 0 radical (unpaired) electrons. The van der Waals surface area contributed by atoms with Gasteiger partial charge in [-0.25, -0.2) is 8.42 Å². The first kappa shape index (κ1) is 14.2. The quantitative estimate of drug-likeness (QED) is 0.922. The van der Waals surface area contributed by atoms with Crippen molar-refractivity contribution in [2.45, 2.75) is 25.8 Å². The fourth-order valence-corrected chi connectivity index (χ4v) is 3.83. The minimum absolute atomic E-state index is 0.271. The number of nitrogens with one attached hydrogen (secondary N) is 1. The van der Waals surface area contributed by atoms with E-state index in [9.17, 15) is 8.42 Å². The average Bonchev–Trinajstić information content (AvgIpc) is 2.34. The van der Waals surface area contributed by atoms with E-state index in [2.05, 4.69) is 35.3 Å². The SMILES string of the molecule is Cc1cc(N(C)C)ccc1NC1CCS(=O)(=O)CC1. The average molecular weight is 282 g/mol. The molecule has 1 aliphatic heterocycles. The summed E-state index contributed by atoms with van der Waals surface area (Å²) in [5.74, 6) is 0.610. The molecular formula is C14H22N2O2S. The summed E-state index contributed by atoms with van der Waals surface area (Å²) in [6.45, 7) is 2.08. The topological polar surface area (TPSA) is 49.4 Å². The van der Waals surface area contributed by atoms with Gasteiger partial charge in [0.15, 0.2) is 0 Å². The Morgan fingerprint density at radius 2 is 1.84 bits per heavy atom. The maximum absolute atomic E-state index is 11.4. The van der Waals surface area contributed by atoms with Crippen molar-refractivity contribution in [1.82, 2.24) is 0 Å². The van der Waals surface area contributed by atoms with E-state index in [1.807, 2.05) is 14.1 Å². The lowest BCUT2D eigenvalue weighted by Gasteiger charge is -2.25. The summed E-state index contributed by atoms with van der Waals surface area (Å²) in [6, 6.07) is 6.57. The summed E-state index contributed by atoms with van der Waals surface area (Å²) in [4.78, 5) is 2.07. The number of hydrogen-bond acceptors (Lipinski definition) is 4. The molecule has 0 aromatic heterocycles. The van der Waals surface area contributed by atoms with Crippen LogP contribution in [0.1, 0.15) is 18.4 Å². The van der Waals surface area contributed by atoms with E-state index in [4.69, 9.17) is 0 Å². The Balaban J connectivity index is 2.04. The minimum atomic E-state index is -2.78. The predicted octanol–water partition coefficient (Wildman–Crippen LogP) is 2.05. The van der Waals surface area contributed by atoms with Gasteiger partial charge in [-0.2, -0.15) is 0 Å². The molecule has 106 valence electrons. The highest BCUT2D eigenvalue weighted by Gasteiger charge is 2.23. The van der Waals surface area contributed by atoms with Gasteiger partial charge in [0.1, 0.15) is 9.84 Å². The second-order valence-corrected chi connectivity index (χ2v) is 7.77. The number of benzene rings is 1. The van der Waals surface area contributed by atoms with E-state index in [0.717, 1.165) is 5.69 Å². The molecule has 0 aliphatic carbocycles. The summed E-state index contributed by atoms with van der Waals surface area (Å²) in [5, 5.41) is 3.47. The maximum atomic E-state index is 11.4. The van der Waals surface area contributed by atoms with E-state index in [1.54, 1.807) is 0 Å². The van der Waals surface area contributed by atoms with E-state index in [-0.39, 0.29) is 6.04 Å². The van der Waals surface area contributed by atoms with Gasteiger partial charge >= 0.3 is 0 Å². The Morgan fingerprint density at radius 1 is 1.21 bits per heavy atom. The first-order valence-electron chi connectivity index (χ1n) is 6.62. The van der Waals surface area contributed by atoms with Gasteiger partial charge in [0.25, 0.3) is 0 Å². The molecule has 0 amide bonds. The molecule has 0 unspecified atom stereocenters. The van der Waals surface area contributed by atoms with Crippen LogP contribution in [-0.4, -0.2) is 40.1 Å². The van der Waals surface area contributed by atoms with E-state index < -0.39 is 9.84 Å². The number of nitrogens with zero attached hydrogens (tertiary/aromatic N) is 1. The Hall–Kier alpha value is -1.23. The van der Waals surface area contributed by atoms with Gasteiger partial charge in [0.2, 0.25) is 0 Å². The largest absolute Gasteiger partial charge is 0.382 e. The van der Waals surface area contributed by atoms with Gasteiger partial charge < -0.3 is 10.2 Å². The highest BCUT2D eigenvalue weighted by molar-refractivity contribution is 7.91. The summed E-state index contributed by atoms with van der Waals surface area (Å²) >= 11 is 0. The lowest BCUT2D eigenvalue weighted by atomic mass is 10.1. The van der Waals surface area contributed by atoms with Crippen molar-refractivity contribution in [3.63, 3.8) is 0 Å². The van der Waals surface area contributed by atoms with Crippen LogP contribution in [0, 0.1) is 6.92 Å². The monoisotopic (exact) mass is 282 g/mol. The van der Waals surface area contributed by atoms with Crippen LogP contribution < -0.4 is 10.2 Å². The lowest BCUT2D eigenvalue weighted by molar-refractivity contribution is 0.559. The Morgan fingerprint density at radius 3 is 2.37 bits per heavy atom. The van der Waals surface area contributed by atoms with Crippen LogP contribution in [0.2, 0.25) is 0 Å². The second kappa shape index (κ2) is 5.41. The molecule has 5 heteroatoms. The zero-order chi connectivity index (χ0) is 14.0. The van der Waals surface area contributed by atoms with Crippen LogP contribution in [0.5, 0.6) is 0 Å². The number of sulfone groups is 1. The van der Waals surface area contributed by atoms with Crippen molar-refractivity contribution < 1.29 is 8.42 Å². The van der Waals surface area contributed by atoms with Gasteiger partial charge in [0.05, 0.1) is 11.5 Å². The Bertz CT molecular complexity index is 539. The van der Waals surface area contributed by atoms with Gasteiger partial charge in [-0.3, -0.25) is 0 Å². The zero-order valence-electron chi connectivity index (χ0n) is 11.8. The second-order valence-electron chi connectivity index (χ2n) is 5.46. The van der Waals surface area contributed by atoms with Crippen molar-refractivity contribution in [2.75, 3.05) is 35.8 Å². The highest BCUT2D eigenvalue weighted by atomic mass is 32.2. The third-order valence-electron chi connectivity index (χ3n) is 3.64. The molecule has 0 saturated carbocycles. The van der Waals surface area contributed by atoms with E-state index in [1.165, 1.54) is 11.3 Å². The van der Waals surface area contributed by atoms with Gasteiger partial charge in [-0.15, -0.1) is 0 Å². The molecule has 1 saturated heterocycles. The predicted molar refractivity (Wildman–Crippen MR) is 80.8 cm³/mol. The smallest absolute Gasteiger partial charge is 0.150 e. The van der Waals surface area contributed by atoms with Crippen LogP contribution in [0.3, 0.4) is 0 Å². The minimum Gasteiger partial charge on any atom is -0.382 e. The Kier molecular flexibility index (Phi) is 4.04. The molecule has 1 N–H and O–H groups in total. The summed E-state index contributed by atoms with van der Waals surface area (Å²) in [7, 11) is 1.26. The highest BCUT2D eigenvalue weighted by Crippen LogP contribution is 2.24. The molecule has 0 bridgehead atoms. The van der Waals surface area contributed by atoms with Crippen LogP contribution in [0.15, 0.2) is 18.2 Å². The van der Waals surface area contributed by atoms with Gasteiger partial charge in [-0.1, -0.05) is 0 Å². The molecular weight excluding hydrogens is 260 g/mol. The number of rotatable bonds is 3. The van der Waals surface area contributed by atoms with Gasteiger partial charge in [0, 0.05) is 31.5 Å². The molecule has 0 spiro atoms. The summed E-state index contributed by atoms with van der Waals surface area (Å²) < 4.78 is 22.8. The molecule has 4 nitrogen and oxygen atoms in total. The van der Waals surface area contributed by atoms with Crippen molar-refractivity contribution >= 4 is 21.2 Å². The van der Waals surface area contributed by atoms with Crippen molar-refractivity contribution in [2.24, 2.45) is 0 Å². The van der Waals surface area contributed by atoms with E-state index in [0.29, 0.717) is 24.3 Å². The molecule has 1 heterocycles. The molecule has 1 aliphatic rings. The first-order valence-corrected chi connectivity index (χ1v) is 8.44. The molecule has 0 atom stereocenters. The van der Waals surface area contributed by atoms with Crippen molar-refractivity contribution in [3.05, 3.63) is 23.8 Å². The maximum Gasteiger partial charge on any atom is 0.150 e. The molecule has 1 aromatic carbocycles. The first-order chi connectivity index (χ1) is 8.87. The molecule has 19 heavy (non-hydrogen) atoms. The third kappa shape index (κ3) is 3.62. The van der Waals surface area contributed by atoms with Crippen LogP contribution >= 0.6 is 0 Å². The fourth-order valence-electron chi connectivity index (χ4n) is 2.34. The van der Waals surface area contributed by atoms with E-state index >= 15 is 0 Å². The lowest BCUT2D eigenvalue weighted by Crippen LogP contribution is -2.32. The fraction of sp³-hybridized carbons (Fsp3) is 0.571. The molecule has 1 fully saturated rings. The van der Waals surface area contributed by atoms with Gasteiger partial charge in [-0.05, 0) is 43.5 Å². The number of anilines is 2. The zero-order valence-corrected chi connectivity index (χ0v) is 12.6. The standard InChI is InChI=1S/C14H22N2O2S/c1-11-10-13(16(2)3)4-5-14(11)15-12-6-8-19(17,18)9-7-12/h4-5,10,12,15H,6-9H2,1-3H3. The summed E-state index contributed by atoms with van der Waals surface area (Å²) in [5.41, 5.74) is 3.48. The normalized spacial score (nSPS) is 19.1. The van der Waals surface area contributed by atoms with Crippen LogP contribution in [0.4, 0.5) is 11.4 Å². The van der Waals surface area contributed by atoms with Crippen molar-refractivity contribution in [1.29, 1.82) is 0 Å². The van der Waals surface area contributed by atoms with Crippen LogP contribution in [0.25, 0.3) is 0 Å². The van der Waals surface area contributed by atoms with Crippen LogP contribution in [-0.2, 0) is 9.84 Å². The molecule has 1 aromatic rings.